The summed E-state index contributed by atoms with van der Waals surface area (Å²) >= 11 is 0. The van der Waals surface area contributed by atoms with E-state index in [9.17, 15) is 0 Å². The van der Waals surface area contributed by atoms with Crippen LogP contribution in [-0.4, -0.2) is 0 Å². The highest BCUT2D eigenvalue weighted by molar-refractivity contribution is 6.23. The van der Waals surface area contributed by atoms with E-state index >= 15 is 0 Å². The molecule has 7 aromatic rings. The molecule has 0 saturated heterocycles. The van der Waals surface area contributed by atoms with Crippen molar-refractivity contribution in [3.63, 3.8) is 0 Å². The maximum Gasteiger partial charge on any atom is -0.00923 e. The third kappa shape index (κ3) is 3.94. The summed E-state index contributed by atoms with van der Waals surface area (Å²) < 4.78 is 0. The zero-order valence-corrected chi connectivity index (χ0v) is 22.3. The van der Waals surface area contributed by atoms with Crippen LogP contribution in [0.1, 0.15) is 11.1 Å². The second-order valence-corrected chi connectivity index (χ2v) is 10.2. The molecule has 0 amide bonds. The van der Waals surface area contributed by atoms with Crippen LogP contribution in [0.15, 0.2) is 147 Å². The van der Waals surface area contributed by atoms with E-state index in [4.69, 9.17) is 0 Å². The Bertz CT molecular complexity index is 2080. The minimum Gasteiger partial charge on any atom is -0.0984 e. The van der Waals surface area contributed by atoms with Gasteiger partial charge in [-0.3, -0.25) is 0 Å². The van der Waals surface area contributed by atoms with Crippen LogP contribution in [0.4, 0.5) is 0 Å². The second-order valence-electron chi connectivity index (χ2n) is 10.2. The number of benzene rings is 7. The molecule has 7 aromatic carbocycles. The summed E-state index contributed by atoms with van der Waals surface area (Å²) in [5.74, 6) is 0. The average molecular weight is 509 g/mol. The van der Waals surface area contributed by atoms with Crippen LogP contribution >= 0.6 is 0 Å². The SMILES string of the molecule is C=Cc1ccc(-c2cccc(-c3cc4c5ccccc5c(-c5ccccc5)cc4c4ccccc34)c2)cc1C=C. The van der Waals surface area contributed by atoms with Gasteiger partial charge in [-0.2, -0.15) is 0 Å². The Balaban J connectivity index is 1.50. The smallest absolute Gasteiger partial charge is 0.00923 e. The van der Waals surface area contributed by atoms with E-state index in [0.717, 1.165) is 11.1 Å². The number of hydrogen-bond acceptors (Lipinski definition) is 0. The molecule has 0 radical (unpaired) electrons. The van der Waals surface area contributed by atoms with Gasteiger partial charge < -0.3 is 0 Å². The molecular formula is C40H28. The molecule has 0 nitrogen and oxygen atoms in total. The first kappa shape index (κ1) is 23.9. The Morgan fingerprint density at radius 1 is 0.325 bits per heavy atom. The molecule has 0 aliphatic heterocycles. The van der Waals surface area contributed by atoms with Gasteiger partial charge in [-0.15, -0.1) is 0 Å². The summed E-state index contributed by atoms with van der Waals surface area (Å²) in [5.41, 5.74) is 9.50. The molecule has 7 rings (SSSR count). The summed E-state index contributed by atoms with van der Waals surface area (Å²) in [5, 5.41) is 7.64. The Kier molecular flexibility index (Phi) is 5.87. The molecular weight excluding hydrogens is 480 g/mol. The fourth-order valence-corrected chi connectivity index (χ4v) is 6.03. The van der Waals surface area contributed by atoms with Crippen LogP contribution < -0.4 is 0 Å². The molecule has 0 spiro atoms. The van der Waals surface area contributed by atoms with E-state index in [0.29, 0.717) is 0 Å². The molecule has 0 aromatic heterocycles. The normalized spacial score (nSPS) is 11.2. The van der Waals surface area contributed by atoms with Crippen molar-refractivity contribution in [1.29, 1.82) is 0 Å². The summed E-state index contributed by atoms with van der Waals surface area (Å²) in [4.78, 5) is 0. The fraction of sp³-hybridized carbons (Fsp3) is 0. The van der Waals surface area contributed by atoms with Crippen molar-refractivity contribution in [2.75, 3.05) is 0 Å². The number of hydrogen-bond donors (Lipinski definition) is 0. The molecule has 0 aliphatic rings. The maximum absolute atomic E-state index is 4.01. The minimum absolute atomic E-state index is 1.09. The Morgan fingerprint density at radius 2 is 0.825 bits per heavy atom. The highest BCUT2D eigenvalue weighted by Crippen LogP contribution is 2.42. The van der Waals surface area contributed by atoms with Crippen LogP contribution in [0.5, 0.6) is 0 Å². The fourth-order valence-electron chi connectivity index (χ4n) is 6.03. The zero-order valence-electron chi connectivity index (χ0n) is 22.3. The number of fused-ring (bicyclic) bond motifs is 5. The predicted molar refractivity (Wildman–Crippen MR) is 175 cm³/mol. The molecule has 0 aliphatic carbocycles. The summed E-state index contributed by atoms with van der Waals surface area (Å²) in [6.45, 7) is 7.95. The average Bonchev–Trinajstić information content (AvgIpc) is 3.04. The molecule has 0 bridgehead atoms. The molecule has 40 heavy (non-hydrogen) atoms. The van der Waals surface area contributed by atoms with Crippen molar-refractivity contribution in [2.45, 2.75) is 0 Å². The lowest BCUT2D eigenvalue weighted by Crippen LogP contribution is -1.89. The van der Waals surface area contributed by atoms with Gasteiger partial charge >= 0.3 is 0 Å². The minimum atomic E-state index is 1.09. The molecule has 0 unspecified atom stereocenters. The van der Waals surface area contributed by atoms with Gasteiger partial charge in [0.25, 0.3) is 0 Å². The van der Waals surface area contributed by atoms with Crippen molar-refractivity contribution in [2.24, 2.45) is 0 Å². The van der Waals surface area contributed by atoms with Gasteiger partial charge in [0.1, 0.15) is 0 Å². The molecule has 0 fully saturated rings. The number of rotatable bonds is 5. The van der Waals surface area contributed by atoms with E-state index in [1.807, 2.05) is 12.2 Å². The van der Waals surface area contributed by atoms with Crippen molar-refractivity contribution in [3.8, 4) is 33.4 Å². The molecule has 0 saturated carbocycles. The van der Waals surface area contributed by atoms with Gasteiger partial charge in [0, 0.05) is 0 Å². The van der Waals surface area contributed by atoms with E-state index in [-0.39, 0.29) is 0 Å². The molecule has 0 heteroatoms. The Labute approximate surface area is 235 Å². The standard InChI is InChI=1S/C40H28/c1-3-27-21-22-31(23-28(27)4-2)30-15-12-16-32(24-30)38-26-40-35-19-10-8-17-33(35)37(29-13-6-5-7-14-29)25-39(40)36-20-11-9-18-34(36)38/h3-26H,1-2H2. The van der Waals surface area contributed by atoms with Gasteiger partial charge in [-0.1, -0.05) is 135 Å². The van der Waals surface area contributed by atoms with Crippen LogP contribution in [0.25, 0.3) is 77.9 Å². The first-order chi connectivity index (χ1) is 19.7. The first-order valence-corrected chi connectivity index (χ1v) is 13.7. The van der Waals surface area contributed by atoms with Crippen molar-refractivity contribution >= 4 is 44.5 Å². The summed E-state index contributed by atoms with van der Waals surface area (Å²) in [6.07, 6.45) is 3.78. The van der Waals surface area contributed by atoms with Crippen LogP contribution in [0.2, 0.25) is 0 Å². The third-order valence-corrected chi connectivity index (χ3v) is 8.00. The third-order valence-electron chi connectivity index (χ3n) is 8.00. The molecule has 188 valence electrons. The van der Waals surface area contributed by atoms with Gasteiger partial charge in [0.15, 0.2) is 0 Å². The van der Waals surface area contributed by atoms with E-state index in [1.165, 1.54) is 65.7 Å². The maximum atomic E-state index is 4.01. The second kappa shape index (κ2) is 9.84. The highest BCUT2D eigenvalue weighted by atomic mass is 14.2. The Morgan fingerprint density at radius 3 is 1.45 bits per heavy atom. The first-order valence-electron chi connectivity index (χ1n) is 13.7. The van der Waals surface area contributed by atoms with Gasteiger partial charge in [0.2, 0.25) is 0 Å². The predicted octanol–water partition coefficient (Wildman–Crippen LogP) is 11.4. The molecule has 0 N–H and O–H groups in total. The Hall–Kier alpha value is -5.20. The quantitative estimate of drug-likeness (QED) is 0.203. The summed E-state index contributed by atoms with van der Waals surface area (Å²) in [6, 6.07) is 48.5. The van der Waals surface area contributed by atoms with Crippen LogP contribution in [-0.2, 0) is 0 Å². The van der Waals surface area contributed by atoms with Crippen LogP contribution in [0.3, 0.4) is 0 Å². The van der Waals surface area contributed by atoms with Crippen molar-refractivity contribution in [1.82, 2.24) is 0 Å². The van der Waals surface area contributed by atoms with Gasteiger partial charge in [-0.25, -0.2) is 0 Å². The lowest BCUT2D eigenvalue weighted by Gasteiger charge is -2.16. The van der Waals surface area contributed by atoms with Crippen LogP contribution in [0, 0.1) is 0 Å². The summed E-state index contributed by atoms with van der Waals surface area (Å²) in [7, 11) is 0. The van der Waals surface area contributed by atoms with Crippen molar-refractivity contribution in [3.05, 3.63) is 158 Å². The van der Waals surface area contributed by atoms with E-state index in [2.05, 4.69) is 147 Å². The monoisotopic (exact) mass is 508 g/mol. The highest BCUT2D eigenvalue weighted by Gasteiger charge is 2.14. The van der Waals surface area contributed by atoms with Crippen molar-refractivity contribution < 1.29 is 0 Å². The lowest BCUT2D eigenvalue weighted by atomic mass is 9.87. The largest absolute Gasteiger partial charge is 0.0984 e. The zero-order chi connectivity index (χ0) is 27.1. The van der Waals surface area contributed by atoms with Gasteiger partial charge in [-0.05, 0) is 101 Å². The van der Waals surface area contributed by atoms with Gasteiger partial charge in [0.05, 0.1) is 0 Å². The molecule has 0 atom stereocenters. The lowest BCUT2D eigenvalue weighted by molar-refractivity contribution is 1.57. The van der Waals surface area contributed by atoms with E-state index in [1.54, 1.807) is 0 Å². The topological polar surface area (TPSA) is 0 Å². The molecule has 0 heterocycles. The van der Waals surface area contributed by atoms with E-state index < -0.39 is 0 Å².